The number of urea groups is 1. The predicted molar refractivity (Wildman–Crippen MR) is 116 cm³/mol. The lowest BCUT2D eigenvalue weighted by Crippen LogP contribution is -2.34. The topological polar surface area (TPSA) is 66.5 Å². The van der Waals surface area contributed by atoms with Crippen LogP contribution in [0, 0.1) is 0 Å². The highest BCUT2D eigenvalue weighted by atomic mass is 16.5. The van der Waals surface area contributed by atoms with Crippen LogP contribution in [0.4, 0.5) is 10.6 Å². The van der Waals surface area contributed by atoms with Gasteiger partial charge in [0.05, 0.1) is 0 Å². The van der Waals surface area contributed by atoms with E-state index < -0.39 is 0 Å². The predicted octanol–water partition coefficient (Wildman–Crippen LogP) is 4.03. The van der Waals surface area contributed by atoms with Gasteiger partial charge in [-0.25, -0.2) is 9.78 Å². The highest BCUT2D eigenvalue weighted by molar-refractivity contribution is 5.74. The Morgan fingerprint density at radius 2 is 1.86 bits per heavy atom. The lowest BCUT2D eigenvalue weighted by Gasteiger charge is -2.21. The maximum atomic E-state index is 12.2. The number of amides is 2. The van der Waals surface area contributed by atoms with Crippen molar-refractivity contribution >= 4 is 11.8 Å². The zero-order chi connectivity index (χ0) is 20.3. The molecule has 0 bridgehead atoms. The Labute approximate surface area is 173 Å². The second-order valence-electron chi connectivity index (χ2n) is 7.17. The first kappa shape index (κ1) is 20.7. The zero-order valence-corrected chi connectivity index (χ0v) is 16.9. The third kappa shape index (κ3) is 6.52. The molecular weight excluding hydrogens is 364 g/mol. The number of benzene rings is 1. The number of nitrogens with zero attached hydrogens (tertiary/aromatic N) is 2. The Kier molecular flexibility index (Phi) is 7.92. The Morgan fingerprint density at radius 1 is 1.10 bits per heavy atom. The molecule has 0 unspecified atom stereocenters. The summed E-state index contributed by atoms with van der Waals surface area (Å²) in [4.78, 5) is 19.1. The van der Waals surface area contributed by atoms with E-state index >= 15 is 0 Å². The molecule has 154 valence electrons. The van der Waals surface area contributed by atoms with Gasteiger partial charge in [-0.3, -0.25) is 0 Å². The minimum absolute atomic E-state index is 0.211. The second-order valence-corrected chi connectivity index (χ2v) is 7.17. The average molecular weight is 395 g/mol. The fourth-order valence-corrected chi connectivity index (χ4v) is 3.40. The summed E-state index contributed by atoms with van der Waals surface area (Å²) in [7, 11) is 0. The quantitative estimate of drug-likeness (QED) is 0.664. The molecule has 0 radical (unpaired) electrons. The molecule has 1 saturated heterocycles. The molecule has 0 aliphatic carbocycles. The minimum atomic E-state index is -0.211. The highest BCUT2D eigenvalue weighted by Gasteiger charge is 2.12. The molecule has 2 amide bonds. The summed E-state index contributed by atoms with van der Waals surface area (Å²) in [6, 6.07) is 11.5. The van der Waals surface area contributed by atoms with Crippen LogP contribution in [0.2, 0.25) is 0 Å². The summed E-state index contributed by atoms with van der Waals surface area (Å²) in [5, 5.41) is 5.81. The molecule has 3 rings (SSSR count). The number of ether oxygens (including phenoxy) is 1. The molecule has 1 aromatic heterocycles. The third-order valence-corrected chi connectivity index (χ3v) is 4.96. The van der Waals surface area contributed by atoms with Gasteiger partial charge in [0.15, 0.2) is 0 Å². The first-order chi connectivity index (χ1) is 14.3. The number of hydrogen-bond acceptors (Lipinski definition) is 4. The van der Waals surface area contributed by atoms with Crippen LogP contribution in [0.1, 0.15) is 36.8 Å². The lowest BCUT2D eigenvalue weighted by molar-refractivity contribution is 0.240. The van der Waals surface area contributed by atoms with Gasteiger partial charge in [0.25, 0.3) is 0 Å². The van der Waals surface area contributed by atoms with E-state index in [2.05, 4.69) is 33.2 Å². The van der Waals surface area contributed by atoms with E-state index in [0.29, 0.717) is 19.7 Å². The van der Waals surface area contributed by atoms with Crippen molar-refractivity contribution in [3.05, 3.63) is 66.4 Å². The smallest absolute Gasteiger partial charge is 0.315 e. The fourth-order valence-electron chi connectivity index (χ4n) is 3.40. The van der Waals surface area contributed by atoms with Gasteiger partial charge in [-0.2, -0.15) is 0 Å². The molecule has 2 N–H and O–H groups in total. The summed E-state index contributed by atoms with van der Waals surface area (Å²) in [6.07, 6.45) is 8.53. The number of anilines is 1. The molecule has 2 heterocycles. The molecule has 1 fully saturated rings. The van der Waals surface area contributed by atoms with Crippen LogP contribution < -0.4 is 20.3 Å². The number of nitrogens with one attached hydrogen (secondary N) is 2. The van der Waals surface area contributed by atoms with Crippen molar-refractivity contribution in [3.8, 4) is 5.75 Å². The molecule has 1 aliphatic rings. The number of para-hydroxylation sites is 1. The molecule has 6 heteroatoms. The molecule has 1 aliphatic heterocycles. The summed E-state index contributed by atoms with van der Waals surface area (Å²) < 4.78 is 5.63. The maximum absolute atomic E-state index is 12.2. The summed E-state index contributed by atoms with van der Waals surface area (Å²) in [6.45, 7) is 7.06. The molecule has 0 atom stereocenters. The van der Waals surface area contributed by atoms with E-state index in [-0.39, 0.29) is 6.03 Å². The average Bonchev–Trinajstić information content (AvgIpc) is 3.05. The van der Waals surface area contributed by atoms with Gasteiger partial charge in [-0.1, -0.05) is 43.7 Å². The maximum Gasteiger partial charge on any atom is 0.315 e. The van der Waals surface area contributed by atoms with Crippen LogP contribution in [0.5, 0.6) is 5.75 Å². The monoisotopic (exact) mass is 394 g/mol. The number of rotatable bonds is 8. The Balaban J connectivity index is 1.50. The second kappa shape index (κ2) is 11.1. The number of carbonyl (C=O) groups excluding carboxylic acids is 1. The normalized spacial score (nSPS) is 14.0. The molecule has 6 nitrogen and oxygen atoms in total. The van der Waals surface area contributed by atoms with E-state index in [0.717, 1.165) is 35.8 Å². The lowest BCUT2D eigenvalue weighted by atomic mass is 10.2. The van der Waals surface area contributed by atoms with Gasteiger partial charge in [0, 0.05) is 37.9 Å². The highest BCUT2D eigenvalue weighted by Crippen LogP contribution is 2.19. The molecule has 0 saturated carbocycles. The van der Waals surface area contributed by atoms with Crippen molar-refractivity contribution in [2.24, 2.45) is 0 Å². The Bertz CT molecular complexity index is 801. The van der Waals surface area contributed by atoms with Crippen LogP contribution in [0.3, 0.4) is 0 Å². The zero-order valence-electron chi connectivity index (χ0n) is 16.9. The summed E-state index contributed by atoms with van der Waals surface area (Å²) >= 11 is 0. The van der Waals surface area contributed by atoms with Crippen LogP contribution in [0.25, 0.3) is 0 Å². The number of carbonyl (C=O) groups is 1. The van der Waals surface area contributed by atoms with Crippen molar-refractivity contribution in [1.82, 2.24) is 15.6 Å². The van der Waals surface area contributed by atoms with Gasteiger partial charge in [-0.05, 0) is 36.6 Å². The summed E-state index contributed by atoms with van der Waals surface area (Å²) in [5.41, 5.74) is 1.97. The first-order valence-corrected chi connectivity index (χ1v) is 10.3. The summed E-state index contributed by atoms with van der Waals surface area (Å²) in [5.74, 6) is 1.75. The van der Waals surface area contributed by atoms with Crippen LogP contribution in [0.15, 0.2) is 55.3 Å². The molecule has 2 aromatic rings. The van der Waals surface area contributed by atoms with Crippen molar-refractivity contribution in [2.45, 2.75) is 38.8 Å². The van der Waals surface area contributed by atoms with Crippen molar-refractivity contribution in [2.75, 3.05) is 24.6 Å². The van der Waals surface area contributed by atoms with E-state index in [9.17, 15) is 4.79 Å². The van der Waals surface area contributed by atoms with E-state index in [4.69, 9.17) is 4.74 Å². The third-order valence-electron chi connectivity index (χ3n) is 4.96. The molecular formula is C23H30N4O2. The van der Waals surface area contributed by atoms with Crippen LogP contribution in [-0.2, 0) is 13.1 Å². The van der Waals surface area contributed by atoms with Gasteiger partial charge >= 0.3 is 6.03 Å². The van der Waals surface area contributed by atoms with Gasteiger partial charge in [-0.15, -0.1) is 0 Å². The first-order valence-electron chi connectivity index (χ1n) is 10.3. The van der Waals surface area contributed by atoms with Crippen LogP contribution >= 0.6 is 0 Å². The van der Waals surface area contributed by atoms with Crippen molar-refractivity contribution < 1.29 is 9.53 Å². The van der Waals surface area contributed by atoms with E-state index in [1.807, 2.05) is 36.5 Å². The van der Waals surface area contributed by atoms with Gasteiger partial charge in [0.1, 0.15) is 18.2 Å². The minimum Gasteiger partial charge on any atom is -0.489 e. The van der Waals surface area contributed by atoms with Gasteiger partial charge < -0.3 is 20.3 Å². The van der Waals surface area contributed by atoms with E-state index in [1.54, 1.807) is 6.08 Å². The number of pyridine rings is 1. The Morgan fingerprint density at radius 3 is 2.66 bits per heavy atom. The van der Waals surface area contributed by atoms with Crippen LogP contribution in [-0.4, -0.2) is 30.7 Å². The number of aromatic nitrogens is 1. The van der Waals surface area contributed by atoms with Crippen molar-refractivity contribution in [1.29, 1.82) is 0 Å². The largest absolute Gasteiger partial charge is 0.489 e. The number of hydrogen-bond donors (Lipinski definition) is 2. The standard InChI is InChI=1S/C23H30N4O2/c1-2-15-29-21-10-6-5-9-20(21)18-26-23(28)25-17-19-11-12-24-22(16-19)27-13-7-3-4-8-14-27/h2,5-6,9-12,16H,1,3-4,7-8,13-15,17-18H2,(H2,25,26,28). The van der Waals surface area contributed by atoms with Gasteiger partial charge in [0.2, 0.25) is 0 Å². The molecule has 1 aromatic carbocycles. The van der Waals surface area contributed by atoms with Crippen molar-refractivity contribution in [3.63, 3.8) is 0 Å². The Hall–Kier alpha value is -3.02. The molecule has 0 spiro atoms. The SMILES string of the molecule is C=CCOc1ccccc1CNC(=O)NCc1ccnc(N2CCCCCC2)c1. The van der Waals surface area contributed by atoms with E-state index in [1.165, 1.54) is 25.7 Å². The fraction of sp³-hybridized carbons (Fsp3) is 0.391. The molecule has 29 heavy (non-hydrogen) atoms.